The van der Waals surface area contributed by atoms with Gasteiger partial charge < -0.3 is 10.4 Å². The van der Waals surface area contributed by atoms with Crippen LogP contribution < -0.4 is 10.5 Å². The number of benzene rings is 3. The highest BCUT2D eigenvalue weighted by Gasteiger charge is 2.29. The van der Waals surface area contributed by atoms with Crippen molar-refractivity contribution in [1.82, 2.24) is 4.98 Å². The minimum absolute atomic E-state index is 0.0325. The molecule has 0 bridgehead atoms. The maximum Gasteiger partial charge on any atom is 0.335 e. The first-order valence-electron chi connectivity index (χ1n) is 12.2. The van der Waals surface area contributed by atoms with Gasteiger partial charge >= 0.3 is 5.97 Å². The van der Waals surface area contributed by atoms with E-state index in [0.717, 1.165) is 33.8 Å². The van der Waals surface area contributed by atoms with Crippen LogP contribution in [0.5, 0.6) is 0 Å². The first-order chi connectivity index (χ1) is 17.2. The smallest absolute Gasteiger partial charge is 0.335 e. The number of rotatable bonds is 9. The highest BCUT2D eigenvalue weighted by Crippen LogP contribution is 2.27. The zero-order valence-corrected chi connectivity index (χ0v) is 22.0. The number of pyridine rings is 1. The maximum absolute atomic E-state index is 13.3. The second-order valence-electron chi connectivity index (χ2n) is 10.1. The van der Waals surface area contributed by atoms with Gasteiger partial charge in [0.1, 0.15) is 0 Å². The molecule has 36 heavy (non-hydrogen) atoms. The standard InChI is InChI=1S/C30H32N2O3Si/c1-21-17-22(14-15-26(21)30(34)35)18-23(20-36(2,3)25-11-5-4-6-12-25)19-28(33)32-27-13-7-9-24-10-8-16-31-29(24)27/h4-17,23H,18-20H2,1-3H3,(H,32,33)(H,34,35). The fraction of sp³-hybridized carbons (Fsp3) is 0.233. The van der Waals surface area contributed by atoms with Crippen molar-refractivity contribution in [1.29, 1.82) is 0 Å². The summed E-state index contributed by atoms with van der Waals surface area (Å²) in [7, 11) is -1.83. The molecule has 0 spiro atoms. The molecule has 0 aliphatic rings. The largest absolute Gasteiger partial charge is 0.478 e. The number of amides is 1. The number of nitrogens with zero attached hydrogens (tertiary/aromatic N) is 1. The summed E-state index contributed by atoms with van der Waals surface area (Å²) in [6, 6.07) is 26.7. The zero-order chi connectivity index (χ0) is 25.7. The topological polar surface area (TPSA) is 79.3 Å². The minimum atomic E-state index is -1.83. The molecule has 6 heteroatoms. The predicted octanol–water partition coefficient (Wildman–Crippen LogP) is 6.04. The van der Waals surface area contributed by atoms with Gasteiger partial charge in [0.25, 0.3) is 0 Å². The van der Waals surface area contributed by atoms with Gasteiger partial charge in [-0.3, -0.25) is 9.78 Å². The molecule has 1 aromatic heterocycles. The molecule has 0 saturated heterocycles. The predicted molar refractivity (Wildman–Crippen MR) is 149 cm³/mol. The summed E-state index contributed by atoms with van der Waals surface area (Å²) in [6.07, 6.45) is 2.83. The summed E-state index contributed by atoms with van der Waals surface area (Å²) in [5.41, 5.74) is 3.61. The molecule has 2 N–H and O–H groups in total. The number of carboxylic acids is 1. The Balaban J connectivity index is 1.57. The van der Waals surface area contributed by atoms with Crippen LogP contribution in [0, 0.1) is 12.8 Å². The summed E-state index contributed by atoms with van der Waals surface area (Å²) in [5.74, 6) is -0.837. The van der Waals surface area contributed by atoms with Crippen molar-refractivity contribution < 1.29 is 14.7 Å². The summed E-state index contributed by atoms with van der Waals surface area (Å²) < 4.78 is 0. The van der Waals surface area contributed by atoms with Crippen molar-refractivity contribution in [2.45, 2.75) is 38.9 Å². The number of carboxylic acid groups (broad SMARTS) is 1. The molecule has 0 fully saturated rings. The number of carbonyl (C=O) groups is 2. The quantitative estimate of drug-likeness (QED) is 0.277. The highest BCUT2D eigenvalue weighted by molar-refractivity contribution is 6.89. The van der Waals surface area contributed by atoms with Gasteiger partial charge in [-0.05, 0) is 54.6 Å². The molecule has 0 aliphatic carbocycles. The van der Waals surface area contributed by atoms with E-state index in [1.807, 2.05) is 55.5 Å². The Morgan fingerprint density at radius 1 is 0.972 bits per heavy atom. The monoisotopic (exact) mass is 496 g/mol. The molecule has 1 heterocycles. The van der Waals surface area contributed by atoms with Crippen molar-refractivity contribution in [2.75, 3.05) is 5.32 Å². The molecule has 5 nitrogen and oxygen atoms in total. The Hall–Kier alpha value is -3.77. The number of para-hydroxylation sites is 1. The third-order valence-corrected chi connectivity index (χ3v) is 10.3. The number of aromatic carboxylic acids is 1. The normalized spacial score (nSPS) is 12.3. The number of hydrogen-bond acceptors (Lipinski definition) is 3. The van der Waals surface area contributed by atoms with Crippen molar-refractivity contribution in [3.05, 3.63) is 102 Å². The highest BCUT2D eigenvalue weighted by atomic mass is 28.3. The van der Waals surface area contributed by atoms with E-state index in [2.05, 4.69) is 47.7 Å². The first-order valence-corrected chi connectivity index (χ1v) is 15.5. The molecule has 1 unspecified atom stereocenters. The number of aryl methyl sites for hydroxylation is 1. The Morgan fingerprint density at radius 2 is 1.72 bits per heavy atom. The van der Waals surface area contributed by atoms with E-state index in [-0.39, 0.29) is 11.8 Å². The molecular formula is C30H32N2O3Si. The fourth-order valence-corrected chi connectivity index (χ4v) is 8.10. The lowest BCUT2D eigenvalue weighted by Crippen LogP contribution is -2.43. The van der Waals surface area contributed by atoms with Crippen LogP contribution in [0.25, 0.3) is 10.9 Å². The number of nitrogens with one attached hydrogen (secondary N) is 1. The van der Waals surface area contributed by atoms with Crippen molar-refractivity contribution in [3.63, 3.8) is 0 Å². The van der Waals surface area contributed by atoms with E-state index in [0.29, 0.717) is 18.4 Å². The third kappa shape index (κ3) is 6.07. The number of hydrogen-bond donors (Lipinski definition) is 2. The number of carbonyl (C=O) groups excluding carboxylic acids is 1. The van der Waals surface area contributed by atoms with Crippen LogP contribution in [0.4, 0.5) is 5.69 Å². The molecule has 0 radical (unpaired) electrons. The first kappa shape index (κ1) is 25.3. The van der Waals surface area contributed by atoms with E-state index in [4.69, 9.17) is 0 Å². The molecule has 0 aliphatic heterocycles. The van der Waals surface area contributed by atoms with Gasteiger partial charge in [-0.15, -0.1) is 0 Å². The van der Waals surface area contributed by atoms with E-state index in [9.17, 15) is 14.7 Å². The summed E-state index contributed by atoms with van der Waals surface area (Å²) >= 11 is 0. The lowest BCUT2D eigenvalue weighted by atomic mass is 9.95. The number of fused-ring (bicyclic) bond motifs is 1. The van der Waals surface area contributed by atoms with Gasteiger partial charge in [0.15, 0.2) is 0 Å². The van der Waals surface area contributed by atoms with E-state index >= 15 is 0 Å². The van der Waals surface area contributed by atoms with Crippen molar-refractivity contribution in [2.24, 2.45) is 5.92 Å². The SMILES string of the molecule is Cc1cc(CC(CC(=O)Nc2cccc3cccnc23)C[Si](C)(C)c2ccccc2)ccc1C(=O)O. The number of anilines is 1. The van der Waals surface area contributed by atoms with E-state index in [1.165, 1.54) is 5.19 Å². The van der Waals surface area contributed by atoms with Crippen LogP contribution in [-0.2, 0) is 11.2 Å². The van der Waals surface area contributed by atoms with Gasteiger partial charge in [0.2, 0.25) is 5.91 Å². The summed E-state index contributed by atoms with van der Waals surface area (Å²) in [5, 5.41) is 14.8. The zero-order valence-electron chi connectivity index (χ0n) is 21.0. The minimum Gasteiger partial charge on any atom is -0.478 e. The van der Waals surface area contributed by atoms with Crippen LogP contribution in [0.3, 0.4) is 0 Å². The van der Waals surface area contributed by atoms with E-state index < -0.39 is 14.0 Å². The van der Waals surface area contributed by atoms with Crippen LogP contribution in [-0.4, -0.2) is 30.0 Å². The van der Waals surface area contributed by atoms with Crippen LogP contribution >= 0.6 is 0 Å². The van der Waals surface area contributed by atoms with Crippen LogP contribution in [0.2, 0.25) is 19.1 Å². The molecule has 1 atom stereocenters. The fourth-order valence-electron chi connectivity index (χ4n) is 5.04. The molecule has 4 rings (SSSR count). The Bertz CT molecular complexity index is 1380. The average Bonchev–Trinajstić information content (AvgIpc) is 2.84. The maximum atomic E-state index is 13.3. The van der Waals surface area contributed by atoms with Crippen molar-refractivity contribution >= 4 is 41.7 Å². The molecule has 184 valence electrons. The Labute approximate surface area is 213 Å². The van der Waals surface area contributed by atoms with Gasteiger partial charge in [0, 0.05) is 18.0 Å². The van der Waals surface area contributed by atoms with Gasteiger partial charge in [-0.1, -0.05) is 78.9 Å². The molecule has 3 aromatic carbocycles. The molecule has 0 saturated carbocycles. The second kappa shape index (κ2) is 10.9. The van der Waals surface area contributed by atoms with Gasteiger partial charge in [-0.25, -0.2) is 4.79 Å². The van der Waals surface area contributed by atoms with Crippen molar-refractivity contribution in [3.8, 4) is 0 Å². The third-order valence-electron chi connectivity index (χ3n) is 6.78. The average molecular weight is 497 g/mol. The summed E-state index contributed by atoms with van der Waals surface area (Å²) in [4.78, 5) is 29.2. The van der Waals surface area contributed by atoms with E-state index in [1.54, 1.807) is 12.3 Å². The Kier molecular flexibility index (Phi) is 7.65. The lowest BCUT2D eigenvalue weighted by Gasteiger charge is -2.29. The Morgan fingerprint density at radius 3 is 2.44 bits per heavy atom. The molecule has 1 amide bonds. The number of aromatic nitrogens is 1. The lowest BCUT2D eigenvalue weighted by molar-refractivity contribution is -0.116. The van der Waals surface area contributed by atoms with Gasteiger partial charge in [-0.2, -0.15) is 0 Å². The van der Waals surface area contributed by atoms with Crippen LogP contribution in [0.1, 0.15) is 27.9 Å². The van der Waals surface area contributed by atoms with Gasteiger partial charge in [0.05, 0.1) is 24.8 Å². The van der Waals surface area contributed by atoms with Crippen LogP contribution in [0.15, 0.2) is 85.1 Å². The second-order valence-corrected chi connectivity index (χ2v) is 14.9. The summed E-state index contributed by atoms with van der Waals surface area (Å²) in [6.45, 7) is 6.52. The molecule has 4 aromatic rings. The molecular weight excluding hydrogens is 464 g/mol.